The highest BCUT2D eigenvalue weighted by Gasteiger charge is 2.43. The number of carbonyl (C=O) groups is 4. The number of hydrogen-bond donors (Lipinski definition) is 0. The fourth-order valence-corrected chi connectivity index (χ4v) is 2.29. The standard InChI is InChI=1S/C15H13F2NO5/c1-3-23-15(22)8(7(2)19)6-18-13(20)11-9(16)4-5-10(17)12(11)14(18)21/h4-5,8H,3,6H2,1-2H3. The zero-order chi connectivity index (χ0) is 17.3. The van der Waals surface area contributed by atoms with Gasteiger partial charge in [-0.05, 0) is 26.0 Å². The minimum atomic E-state index is -1.40. The van der Waals surface area contributed by atoms with Gasteiger partial charge in [-0.3, -0.25) is 24.1 Å². The van der Waals surface area contributed by atoms with Crippen LogP contribution in [0.15, 0.2) is 12.1 Å². The number of benzene rings is 1. The monoisotopic (exact) mass is 325 g/mol. The summed E-state index contributed by atoms with van der Waals surface area (Å²) in [6.45, 7) is 2.01. The summed E-state index contributed by atoms with van der Waals surface area (Å²) in [5.41, 5.74) is -1.39. The fourth-order valence-electron chi connectivity index (χ4n) is 2.29. The molecule has 0 aliphatic carbocycles. The maximum Gasteiger partial charge on any atom is 0.318 e. The van der Waals surface area contributed by atoms with Crippen molar-refractivity contribution in [2.75, 3.05) is 13.2 Å². The molecule has 0 bridgehead atoms. The van der Waals surface area contributed by atoms with Crippen molar-refractivity contribution in [3.63, 3.8) is 0 Å². The SMILES string of the molecule is CCOC(=O)C(CN1C(=O)c2c(F)ccc(F)c2C1=O)C(C)=O. The molecule has 2 rings (SSSR count). The van der Waals surface area contributed by atoms with Gasteiger partial charge in [-0.2, -0.15) is 0 Å². The summed E-state index contributed by atoms with van der Waals surface area (Å²) in [6.07, 6.45) is 0. The Labute approximate surface area is 130 Å². The van der Waals surface area contributed by atoms with Crippen LogP contribution in [-0.4, -0.2) is 41.6 Å². The molecule has 0 saturated heterocycles. The molecule has 122 valence electrons. The maximum atomic E-state index is 13.7. The van der Waals surface area contributed by atoms with Crippen LogP contribution in [0.1, 0.15) is 34.6 Å². The molecule has 0 spiro atoms. The lowest BCUT2D eigenvalue weighted by molar-refractivity contribution is -0.151. The van der Waals surface area contributed by atoms with E-state index in [2.05, 4.69) is 0 Å². The zero-order valence-electron chi connectivity index (χ0n) is 12.4. The highest BCUT2D eigenvalue weighted by Crippen LogP contribution is 2.28. The summed E-state index contributed by atoms with van der Waals surface area (Å²) in [6, 6.07) is 1.47. The van der Waals surface area contributed by atoms with Crippen molar-refractivity contribution >= 4 is 23.6 Å². The van der Waals surface area contributed by atoms with Gasteiger partial charge < -0.3 is 4.74 Å². The Balaban J connectivity index is 2.36. The van der Waals surface area contributed by atoms with Gasteiger partial charge in [-0.25, -0.2) is 8.78 Å². The van der Waals surface area contributed by atoms with Gasteiger partial charge in [-0.1, -0.05) is 0 Å². The van der Waals surface area contributed by atoms with Gasteiger partial charge in [0.1, 0.15) is 23.3 Å². The van der Waals surface area contributed by atoms with Gasteiger partial charge in [-0.15, -0.1) is 0 Å². The van der Waals surface area contributed by atoms with Crippen LogP contribution in [-0.2, 0) is 14.3 Å². The normalized spacial score (nSPS) is 14.7. The summed E-state index contributed by atoms with van der Waals surface area (Å²) < 4.78 is 32.1. The molecule has 1 aromatic rings. The first-order valence-corrected chi connectivity index (χ1v) is 6.80. The summed E-state index contributed by atoms with van der Waals surface area (Å²) >= 11 is 0. The van der Waals surface area contributed by atoms with Crippen LogP contribution in [0.2, 0.25) is 0 Å². The Hall–Kier alpha value is -2.64. The second-order valence-electron chi connectivity index (χ2n) is 4.92. The molecule has 0 N–H and O–H groups in total. The molecule has 1 unspecified atom stereocenters. The van der Waals surface area contributed by atoms with E-state index < -0.39 is 58.8 Å². The molecule has 0 aromatic heterocycles. The molecule has 0 fully saturated rings. The van der Waals surface area contributed by atoms with Crippen LogP contribution >= 0.6 is 0 Å². The average molecular weight is 325 g/mol. The van der Waals surface area contributed by atoms with Crippen molar-refractivity contribution in [1.29, 1.82) is 0 Å². The Morgan fingerprint density at radius 2 is 1.61 bits per heavy atom. The molecular formula is C15H13F2NO5. The molecule has 1 aliphatic rings. The van der Waals surface area contributed by atoms with Crippen molar-refractivity contribution in [1.82, 2.24) is 4.90 Å². The molecule has 0 saturated carbocycles. The lowest BCUT2D eigenvalue weighted by Gasteiger charge is -2.19. The molecular weight excluding hydrogens is 312 g/mol. The zero-order valence-corrected chi connectivity index (χ0v) is 12.4. The Kier molecular flexibility index (Phi) is 4.53. The molecule has 8 heteroatoms. The number of carbonyl (C=O) groups excluding carboxylic acids is 4. The Bertz CT molecular complexity index is 675. The van der Waals surface area contributed by atoms with Gasteiger partial charge in [0.2, 0.25) is 0 Å². The quantitative estimate of drug-likeness (QED) is 0.463. The van der Waals surface area contributed by atoms with E-state index in [1.165, 1.54) is 6.92 Å². The smallest absolute Gasteiger partial charge is 0.318 e. The first kappa shape index (κ1) is 16.7. The third kappa shape index (κ3) is 2.84. The highest BCUT2D eigenvalue weighted by molar-refractivity contribution is 6.22. The molecule has 2 amide bonds. The largest absolute Gasteiger partial charge is 0.465 e. The number of nitrogens with zero attached hydrogens (tertiary/aromatic N) is 1. The number of rotatable bonds is 5. The van der Waals surface area contributed by atoms with E-state index in [-0.39, 0.29) is 6.61 Å². The van der Waals surface area contributed by atoms with Crippen molar-refractivity contribution in [2.45, 2.75) is 13.8 Å². The highest BCUT2D eigenvalue weighted by atomic mass is 19.1. The van der Waals surface area contributed by atoms with Gasteiger partial charge in [0, 0.05) is 6.54 Å². The average Bonchev–Trinajstić information content (AvgIpc) is 2.73. The van der Waals surface area contributed by atoms with Gasteiger partial charge in [0.15, 0.2) is 0 Å². The number of ether oxygens (including phenoxy) is 1. The number of Topliss-reactive ketones (excluding diaryl/α,β-unsaturated/α-hetero) is 1. The number of imide groups is 1. The van der Waals surface area contributed by atoms with E-state index >= 15 is 0 Å². The molecule has 23 heavy (non-hydrogen) atoms. The number of esters is 1. The number of halogens is 2. The van der Waals surface area contributed by atoms with E-state index in [4.69, 9.17) is 4.74 Å². The van der Waals surface area contributed by atoms with E-state index in [0.29, 0.717) is 4.90 Å². The summed E-state index contributed by atoms with van der Waals surface area (Å²) in [5.74, 6) is -7.19. The third-order valence-corrected chi connectivity index (χ3v) is 3.45. The Morgan fingerprint density at radius 1 is 1.13 bits per heavy atom. The molecule has 1 aromatic carbocycles. The minimum absolute atomic E-state index is 0.00792. The summed E-state index contributed by atoms with van der Waals surface area (Å²) in [4.78, 5) is 48.1. The maximum absolute atomic E-state index is 13.7. The van der Waals surface area contributed by atoms with Crippen molar-refractivity contribution in [2.24, 2.45) is 5.92 Å². The number of amides is 2. The number of ketones is 1. The van der Waals surface area contributed by atoms with Crippen LogP contribution in [0.4, 0.5) is 8.78 Å². The van der Waals surface area contributed by atoms with Crippen LogP contribution < -0.4 is 0 Å². The second kappa shape index (κ2) is 6.23. The molecule has 1 heterocycles. The van der Waals surface area contributed by atoms with Crippen molar-refractivity contribution in [3.05, 3.63) is 34.9 Å². The third-order valence-electron chi connectivity index (χ3n) is 3.45. The van der Waals surface area contributed by atoms with Gasteiger partial charge in [0.05, 0.1) is 17.7 Å². The number of fused-ring (bicyclic) bond motifs is 1. The van der Waals surface area contributed by atoms with E-state index in [1.807, 2.05) is 0 Å². The van der Waals surface area contributed by atoms with Gasteiger partial charge >= 0.3 is 5.97 Å². The second-order valence-corrected chi connectivity index (χ2v) is 4.92. The van der Waals surface area contributed by atoms with Crippen LogP contribution in [0.5, 0.6) is 0 Å². The van der Waals surface area contributed by atoms with Crippen LogP contribution in [0.3, 0.4) is 0 Å². The molecule has 1 aliphatic heterocycles. The topological polar surface area (TPSA) is 80.8 Å². The first-order chi connectivity index (χ1) is 10.8. The van der Waals surface area contributed by atoms with Crippen molar-refractivity contribution < 1.29 is 32.7 Å². The van der Waals surface area contributed by atoms with E-state index in [1.54, 1.807) is 0 Å². The predicted molar refractivity (Wildman–Crippen MR) is 72.5 cm³/mol. The fraction of sp³-hybridized carbons (Fsp3) is 0.333. The number of hydrogen-bond acceptors (Lipinski definition) is 5. The molecule has 0 radical (unpaired) electrons. The summed E-state index contributed by atoms with van der Waals surface area (Å²) in [7, 11) is 0. The molecule has 6 nitrogen and oxygen atoms in total. The minimum Gasteiger partial charge on any atom is -0.465 e. The lowest BCUT2D eigenvalue weighted by Crippen LogP contribution is -2.40. The van der Waals surface area contributed by atoms with Crippen molar-refractivity contribution in [3.8, 4) is 0 Å². The summed E-state index contributed by atoms with van der Waals surface area (Å²) in [5, 5.41) is 0. The van der Waals surface area contributed by atoms with E-state index in [9.17, 15) is 28.0 Å². The van der Waals surface area contributed by atoms with Gasteiger partial charge in [0.25, 0.3) is 11.8 Å². The predicted octanol–water partition coefficient (Wildman–Crippen LogP) is 1.33. The van der Waals surface area contributed by atoms with Crippen LogP contribution in [0, 0.1) is 17.6 Å². The molecule has 1 atom stereocenters. The van der Waals surface area contributed by atoms with E-state index in [0.717, 1.165) is 19.1 Å². The van der Waals surface area contributed by atoms with Crippen LogP contribution in [0.25, 0.3) is 0 Å². The Morgan fingerprint density at radius 3 is 2.00 bits per heavy atom. The first-order valence-electron chi connectivity index (χ1n) is 6.80. The lowest BCUT2D eigenvalue weighted by atomic mass is 10.1.